The number of thioether (sulfide) groups is 1. The van der Waals surface area contributed by atoms with Crippen LogP contribution in [-0.2, 0) is 6.54 Å². The number of hydrogen-bond acceptors (Lipinski definition) is 3. The molecule has 0 bridgehead atoms. The largest absolute Gasteiger partial charge is 0.314 e. The molecule has 1 N–H and O–H groups in total. The number of nitrogens with one attached hydrogen (secondary N) is 1. The molecular formula is C12H16F2N2S. The summed E-state index contributed by atoms with van der Waals surface area (Å²) in [6.07, 6.45) is 1.80. The van der Waals surface area contributed by atoms with Crippen molar-refractivity contribution >= 4 is 11.8 Å². The maximum atomic E-state index is 14.0. The fourth-order valence-corrected chi connectivity index (χ4v) is 2.48. The molecule has 0 unspecified atom stereocenters. The van der Waals surface area contributed by atoms with Gasteiger partial charge in [0.2, 0.25) is 0 Å². The Balaban J connectivity index is 2.18. The van der Waals surface area contributed by atoms with Crippen LogP contribution in [0.2, 0.25) is 0 Å². The van der Waals surface area contributed by atoms with Gasteiger partial charge in [-0.05, 0) is 18.4 Å². The molecule has 94 valence electrons. The van der Waals surface area contributed by atoms with Crippen molar-refractivity contribution in [2.75, 3.05) is 32.4 Å². The highest BCUT2D eigenvalue weighted by Gasteiger charge is 2.17. The molecule has 1 aromatic rings. The molecule has 1 aliphatic heterocycles. The fraction of sp³-hybridized carbons (Fsp3) is 0.500. The standard InChI is InChI=1S/C12H16F2N2S/c1-17-11-3-2-10(13)9(12(11)14)8-16-6-4-15-5-7-16/h2-3,15H,4-8H2,1H3. The summed E-state index contributed by atoms with van der Waals surface area (Å²) in [6, 6.07) is 2.85. The molecule has 0 amide bonds. The molecule has 0 radical (unpaired) electrons. The topological polar surface area (TPSA) is 15.3 Å². The smallest absolute Gasteiger partial charge is 0.144 e. The van der Waals surface area contributed by atoms with E-state index in [0.29, 0.717) is 11.4 Å². The molecule has 0 atom stereocenters. The van der Waals surface area contributed by atoms with Gasteiger partial charge in [-0.3, -0.25) is 4.90 Å². The number of rotatable bonds is 3. The van der Waals surface area contributed by atoms with Gasteiger partial charge in [-0.25, -0.2) is 8.78 Å². The van der Waals surface area contributed by atoms with Gasteiger partial charge in [0.1, 0.15) is 11.6 Å². The Morgan fingerprint density at radius 3 is 2.65 bits per heavy atom. The third-order valence-electron chi connectivity index (χ3n) is 2.96. The molecule has 1 aliphatic rings. The van der Waals surface area contributed by atoms with E-state index in [1.807, 2.05) is 0 Å². The number of benzene rings is 1. The molecule has 0 saturated carbocycles. The predicted octanol–water partition coefficient (Wildman–Crippen LogP) is 2.09. The van der Waals surface area contributed by atoms with Crippen molar-refractivity contribution in [2.24, 2.45) is 0 Å². The maximum Gasteiger partial charge on any atom is 0.144 e. The lowest BCUT2D eigenvalue weighted by atomic mass is 10.1. The minimum atomic E-state index is -0.446. The Morgan fingerprint density at radius 1 is 1.29 bits per heavy atom. The predicted molar refractivity (Wildman–Crippen MR) is 66.3 cm³/mol. The maximum absolute atomic E-state index is 14.0. The lowest BCUT2D eigenvalue weighted by Crippen LogP contribution is -2.43. The van der Waals surface area contributed by atoms with Crippen LogP contribution < -0.4 is 5.32 Å². The monoisotopic (exact) mass is 258 g/mol. The second-order valence-corrected chi connectivity index (χ2v) is 4.92. The average molecular weight is 258 g/mol. The third-order valence-corrected chi connectivity index (χ3v) is 3.72. The average Bonchev–Trinajstić information content (AvgIpc) is 2.36. The van der Waals surface area contributed by atoms with Gasteiger partial charge < -0.3 is 5.32 Å². The van der Waals surface area contributed by atoms with Gasteiger partial charge in [-0.15, -0.1) is 11.8 Å². The molecule has 1 fully saturated rings. The SMILES string of the molecule is CSc1ccc(F)c(CN2CCNCC2)c1F. The van der Waals surface area contributed by atoms with Gasteiger partial charge in [0.15, 0.2) is 0 Å². The lowest BCUT2D eigenvalue weighted by molar-refractivity contribution is 0.226. The highest BCUT2D eigenvalue weighted by Crippen LogP contribution is 2.25. The highest BCUT2D eigenvalue weighted by atomic mass is 32.2. The van der Waals surface area contributed by atoms with Gasteiger partial charge in [-0.2, -0.15) is 0 Å². The van der Waals surface area contributed by atoms with E-state index in [1.165, 1.54) is 23.9 Å². The summed E-state index contributed by atoms with van der Waals surface area (Å²) in [5, 5.41) is 3.22. The fourth-order valence-electron chi connectivity index (χ4n) is 1.97. The molecule has 1 saturated heterocycles. The summed E-state index contributed by atoms with van der Waals surface area (Å²) >= 11 is 1.31. The zero-order chi connectivity index (χ0) is 12.3. The van der Waals surface area contributed by atoms with E-state index >= 15 is 0 Å². The van der Waals surface area contributed by atoms with Crippen molar-refractivity contribution in [3.05, 3.63) is 29.3 Å². The van der Waals surface area contributed by atoms with Gasteiger partial charge >= 0.3 is 0 Å². The molecule has 1 aromatic carbocycles. The summed E-state index contributed by atoms with van der Waals surface area (Å²) in [5.41, 5.74) is 0.193. The third kappa shape index (κ3) is 2.97. The molecule has 2 rings (SSSR count). The first-order chi connectivity index (χ1) is 8.22. The Labute approximate surface area is 104 Å². The quantitative estimate of drug-likeness (QED) is 0.836. The molecule has 5 heteroatoms. The van der Waals surface area contributed by atoms with E-state index < -0.39 is 11.6 Å². The van der Waals surface area contributed by atoms with Crippen LogP contribution in [0.25, 0.3) is 0 Å². The van der Waals surface area contributed by atoms with E-state index in [0.717, 1.165) is 26.2 Å². The lowest BCUT2D eigenvalue weighted by Gasteiger charge is -2.27. The van der Waals surface area contributed by atoms with E-state index in [9.17, 15) is 8.78 Å². The van der Waals surface area contributed by atoms with Crippen molar-refractivity contribution in [1.82, 2.24) is 10.2 Å². The van der Waals surface area contributed by atoms with Crippen LogP contribution >= 0.6 is 11.8 Å². The number of hydrogen-bond donors (Lipinski definition) is 1. The molecule has 1 heterocycles. The number of nitrogens with zero attached hydrogens (tertiary/aromatic N) is 1. The first-order valence-electron chi connectivity index (χ1n) is 5.66. The van der Waals surface area contributed by atoms with Crippen molar-refractivity contribution in [3.63, 3.8) is 0 Å². The summed E-state index contributed by atoms with van der Waals surface area (Å²) in [5.74, 6) is -0.852. The highest BCUT2D eigenvalue weighted by molar-refractivity contribution is 7.98. The van der Waals surface area contributed by atoms with Gasteiger partial charge in [-0.1, -0.05) is 0 Å². The van der Waals surface area contributed by atoms with E-state index in [-0.39, 0.29) is 5.56 Å². The minimum absolute atomic E-state index is 0.193. The Bertz CT molecular complexity index is 392. The summed E-state index contributed by atoms with van der Waals surface area (Å²) in [7, 11) is 0. The molecule has 17 heavy (non-hydrogen) atoms. The van der Waals surface area contributed by atoms with E-state index in [4.69, 9.17) is 0 Å². The zero-order valence-corrected chi connectivity index (χ0v) is 10.6. The van der Waals surface area contributed by atoms with Crippen LogP contribution in [-0.4, -0.2) is 37.3 Å². The van der Waals surface area contributed by atoms with Crippen LogP contribution in [0, 0.1) is 11.6 Å². The zero-order valence-electron chi connectivity index (χ0n) is 9.80. The van der Waals surface area contributed by atoms with Crippen molar-refractivity contribution in [1.29, 1.82) is 0 Å². The Kier molecular flexibility index (Phi) is 4.36. The summed E-state index contributed by atoms with van der Waals surface area (Å²) < 4.78 is 27.6. The number of piperazine rings is 1. The van der Waals surface area contributed by atoms with Crippen LogP contribution in [0.1, 0.15) is 5.56 Å². The van der Waals surface area contributed by atoms with Gasteiger partial charge in [0.25, 0.3) is 0 Å². The Morgan fingerprint density at radius 2 is 2.00 bits per heavy atom. The number of halogens is 2. The van der Waals surface area contributed by atoms with Crippen LogP contribution in [0.5, 0.6) is 0 Å². The van der Waals surface area contributed by atoms with Crippen molar-refractivity contribution in [2.45, 2.75) is 11.4 Å². The van der Waals surface area contributed by atoms with Crippen molar-refractivity contribution in [3.8, 4) is 0 Å². The summed E-state index contributed by atoms with van der Waals surface area (Å²) in [4.78, 5) is 2.58. The summed E-state index contributed by atoms with van der Waals surface area (Å²) in [6.45, 7) is 3.79. The first-order valence-corrected chi connectivity index (χ1v) is 6.89. The van der Waals surface area contributed by atoms with Crippen LogP contribution in [0.4, 0.5) is 8.78 Å². The molecule has 0 spiro atoms. The molecule has 2 nitrogen and oxygen atoms in total. The van der Waals surface area contributed by atoms with Crippen LogP contribution in [0.15, 0.2) is 17.0 Å². The van der Waals surface area contributed by atoms with Crippen LogP contribution in [0.3, 0.4) is 0 Å². The van der Waals surface area contributed by atoms with E-state index in [1.54, 1.807) is 6.26 Å². The Hall–Kier alpha value is -0.650. The molecular weight excluding hydrogens is 242 g/mol. The second kappa shape index (κ2) is 5.80. The van der Waals surface area contributed by atoms with Gasteiger partial charge in [0, 0.05) is 43.2 Å². The second-order valence-electron chi connectivity index (χ2n) is 4.07. The normalized spacial score (nSPS) is 17.4. The molecule has 0 aliphatic carbocycles. The molecule has 0 aromatic heterocycles. The minimum Gasteiger partial charge on any atom is -0.314 e. The first kappa shape index (κ1) is 12.8. The van der Waals surface area contributed by atoms with Crippen molar-refractivity contribution < 1.29 is 8.78 Å². The van der Waals surface area contributed by atoms with E-state index in [2.05, 4.69) is 10.2 Å². The van der Waals surface area contributed by atoms with Gasteiger partial charge in [0.05, 0.1) is 0 Å².